The van der Waals surface area contributed by atoms with Crippen molar-refractivity contribution in [3.8, 4) is 5.75 Å². The van der Waals surface area contributed by atoms with Crippen LogP contribution in [0.4, 0.5) is 18.9 Å². The maximum Gasteiger partial charge on any atom is 0.391 e. The Kier molecular flexibility index (Phi) is 5.76. The van der Waals surface area contributed by atoms with Crippen LogP contribution in [0.2, 0.25) is 0 Å². The summed E-state index contributed by atoms with van der Waals surface area (Å²) >= 11 is 0. The van der Waals surface area contributed by atoms with Gasteiger partial charge in [-0.1, -0.05) is 30.7 Å². The number of amides is 1. The quantitative estimate of drug-likeness (QED) is 0.775. The fraction of sp³-hybridized carbons (Fsp3) is 0.400. The van der Waals surface area contributed by atoms with Crippen molar-refractivity contribution in [3.63, 3.8) is 0 Å². The zero-order valence-electron chi connectivity index (χ0n) is 15.0. The average molecular weight is 395 g/mol. The standard InChI is InChI=1S/C20H20F3NO4/c21-20(22,23)13-5-3-4-12(10-13)19(27)24-16-8-9-17(28-11-18(25)26)15-7-2-1-6-14(15)16/h1-2,6-9,12-13H,3-5,10-11H2,(H,24,27)(H,25,26). The highest BCUT2D eigenvalue weighted by Crippen LogP contribution is 2.40. The third-order valence-corrected chi connectivity index (χ3v) is 5.00. The highest BCUT2D eigenvalue weighted by atomic mass is 19.4. The Morgan fingerprint density at radius 1 is 1.11 bits per heavy atom. The monoisotopic (exact) mass is 395 g/mol. The van der Waals surface area contributed by atoms with Crippen LogP contribution in [0.15, 0.2) is 36.4 Å². The number of fused-ring (bicyclic) bond motifs is 1. The van der Waals surface area contributed by atoms with Gasteiger partial charge in [-0.05, 0) is 31.4 Å². The fourth-order valence-electron chi connectivity index (χ4n) is 3.61. The molecule has 2 aromatic rings. The number of hydrogen-bond donors (Lipinski definition) is 2. The molecule has 0 saturated heterocycles. The van der Waals surface area contributed by atoms with Gasteiger partial charge in [0.2, 0.25) is 5.91 Å². The lowest BCUT2D eigenvalue weighted by Crippen LogP contribution is -2.34. The number of alkyl halides is 3. The number of halogens is 3. The Bertz CT molecular complexity index is 881. The predicted octanol–water partition coefficient (Wildman–Crippen LogP) is 4.61. The molecule has 1 amide bonds. The average Bonchev–Trinajstić information content (AvgIpc) is 2.66. The molecular weight excluding hydrogens is 375 g/mol. The third kappa shape index (κ3) is 4.55. The smallest absolute Gasteiger partial charge is 0.391 e. The van der Waals surface area contributed by atoms with Crippen LogP contribution in [-0.2, 0) is 9.59 Å². The van der Waals surface area contributed by atoms with Gasteiger partial charge in [0.05, 0.1) is 5.92 Å². The fourth-order valence-corrected chi connectivity index (χ4v) is 3.61. The van der Waals surface area contributed by atoms with Crippen molar-refractivity contribution in [2.24, 2.45) is 11.8 Å². The molecule has 0 aliphatic heterocycles. The summed E-state index contributed by atoms with van der Waals surface area (Å²) in [7, 11) is 0. The molecule has 0 aromatic heterocycles. The van der Waals surface area contributed by atoms with E-state index in [1.165, 1.54) is 0 Å². The Labute approximate surface area is 159 Å². The minimum atomic E-state index is -4.28. The molecule has 1 aliphatic carbocycles. The normalized spacial score (nSPS) is 20.0. The molecule has 2 N–H and O–H groups in total. The summed E-state index contributed by atoms with van der Waals surface area (Å²) < 4.78 is 44.3. The second-order valence-electron chi connectivity index (χ2n) is 6.93. The van der Waals surface area contributed by atoms with E-state index in [0.717, 1.165) is 0 Å². The second kappa shape index (κ2) is 8.08. The van der Waals surface area contributed by atoms with E-state index >= 15 is 0 Å². The van der Waals surface area contributed by atoms with Crippen LogP contribution < -0.4 is 10.1 Å². The Morgan fingerprint density at radius 3 is 2.50 bits per heavy atom. The molecule has 2 atom stereocenters. The van der Waals surface area contributed by atoms with Gasteiger partial charge in [-0.2, -0.15) is 13.2 Å². The van der Waals surface area contributed by atoms with Crippen LogP contribution in [0.25, 0.3) is 10.8 Å². The molecule has 0 spiro atoms. The van der Waals surface area contributed by atoms with Crippen LogP contribution in [0, 0.1) is 11.8 Å². The summed E-state index contributed by atoms with van der Waals surface area (Å²) in [5.41, 5.74) is 0.456. The van der Waals surface area contributed by atoms with Crippen LogP contribution in [0.1, 0.15) is 25.7 Å². The lowest BCUT2D eigenvalue weighted by Gasteiger charge is -2.29. The molecule has 0 bridgehead atoms. The zero-order valence-corrected chi connectivity index (χ0v) is 15.0. The topological polar surface area (TPSA) is 75.6 Å². The van der Waals surface area contributed by atoms with E-state index in [0.29, 0.717) is 35.1 Å². The Balaban J connectivity index is 1.79. The van der Waals surface area contributed by atoms with Gasteiger partial charge >= 0.3 is 12.1 Å². The number of carboxylic acid groups (broad SMARTS) is 1. The molecule has 2 aromatic carbocycles. The highest BCUT2D eigenvalue weighted by molar-refractivity contribution is 6.04. The summed E-state index contributed by atoms with van der Waals surface area (Å²) in [4.78, 5) is 23.3. The van der Waals surface area contributed by atoms with Gasteiger partial charge in [-0.3, -0.25) is 4.79 Å². The number of anilines is 1. The summed E-state index contributed by atoms with van der Waals surface area (Å²) in [6.07, 6.45) is -3.63. The number of carbonyl (C=O) groups excluding carboxylic acids is 1. The number of hydrogen-bond acceptors (Lipinski definition) is 3. The molecule has 5 nitrogen and oxygen atoms in total. The number of ether oxygens (including phenoxy) is 1. The largest absolute Gasteiger partial charge is 0.481 e. The first-order valence-electron chi connectivity index (χ1n) is 8.99. The minimum Gasteiger partial charge on any atom is -0.481 e. The van der Waals surface area contributed by atoms with Crippen LogP contribution in [-0.4, -0.2) is 29.8 Å². The molecule has 1 fully saturated rings. The first-order valence-corrected chi connectivity index (χ1v) is 8.99. The van der Waals surface area contributed by atoms with Crippen molar-refractivity contribution in [1.29, 1.82) is 0 Å². The second-order valence-corrected chi connectivity index (χ2v) is 6.93. The SMILES string of the molecule is O=C(O)COc1ccc(NC(=O)C2CCCC(C(F)(F)F)C2)c2ccccc12. The van der Waals surface area contributed by atoms with E-state index in [2.05, 4.69) is 5.32 Å². The molecule has 0 heterocycles. The van der Waals surface area contributed by atoms with Crippen molar-refractivity contribution in [2.75, 3.05) is 11.9 Å². The minimum absolute atomic E-state index is 0.0613. The molecule has 1 aliphatic rings. The van der Waals surface area contributed by atoms with Gasteiger partial charge in [0, 0.05) is 22.4 Å². The van der Waals surface area contributed by atoms with Gasteiger partial charge in [0.25, 0.3) is 0 Å². The molecule has 28 heavy (non-hydrogen) atoms. The Morgan fingerprint density at radius 2 is 1.82 bits per heavy atom. The number of nitrogens with one attached hydrogen (secondary N) is 1. The summed E-state index contributed by atoms with van der Waals surface area (Å²) in [5, 5.41) is 12.8. The number of benzene rings is 2. The maximum atomic E-state index is 13.0. The van der Waals surface area contributed by atoms with Crippen molar-refractivity contribution < 1.29 is 32.6 Å². The van der Waals surface area contributed by atoms with E-state index in [1.54, 1.807) is 36.4 Å². The van der Waals surface area contributed by atoms with E-state index in [-0.39, 0.29) is 12.8 Å². The van der Waals surface area contributed by atoms with Crippen molar-refractivity contribution in [3.05, 3.63) is 36.4 Å². The van der Waals surface area contributed by atoms with Gasteiger partial charge in [-0.15, -0.1) is 0 Å². The number of aliphatic carboxylic acids is 1. The molecular formula is C20H20F3NO4. The molecule has 8 heteroatoms. The molecule has 0 radical (unpaired) electrons. The van der Waals surface area contributed by atoms with Gasteiger partial charge in [0.15, 0.2) is 6.61 Å². The summed E-state index contributed by atoms with van der Waals surface area (Å²) in [6.45, 7) is -0.503. The number of carbonyl (C=O) groups is 2. The maximum absolute atomic E-state index is 13.0. The number of rotatable bonds is 5. The summed E-state index contributed by atoms with van der Waals surface area (Å²) in [6, 6.07) is 10.1. The number of carboxylic acids is 1. The molecule has 3 rings (SSSR count). The predicted molar refractivity (Wildman–Crippen MR) is 97.2 cm³/mol. The van der Waals surface area contributed by atoms with Gasteiger partial charge in [0.1, 0.15) is 5.75 Å². The van der Waals surface area contributed by atoms with E-state index in [9.17, 15) is 22.8 Å². The van der Waals surface area contributed by atoms with Gasteiger partial charge in [-0.25, -0.2) is 4.79 Å². The van der Waals surface area contributed by atoms with Crippen LogP contribution >= 0.6 is 0 Å². The summed E-state index contributed by atoms with van der Waals surface area (Å²) in [5.74, 6) is -3.33. The molecule has 1 saturated carbocycles. The van der Waals surface area contributed by atoms with Gasteiger partial charge < -0.3 is 15.2 Å². The van der Waals surface area contributed by atoms with Crippen molar-refractivity contribution >= 4 is 28.3 Å². The van der Waals surface area contributed by atoms with Crippen molar-refractivity contribution in [2.45, 2.75) is 31.9 Å². The van der Waals surface area contributed by atoms with E-state index in [4.69, 9.17) is 9.84 Å². The highest BCUT2D eigenvalue weighted by Gasteiger charge is 2.43. The zero-order chi connectivity index (χ0) is 20.3. The first-order chi connectivity index (χ1) is 13.3. The third-order valence-electron chi connectivity index (χ3n) is 5.00. The molecule has 150 valence electrons. The van der Waals surface area contributed by atoms with Crippen molar-refractivity contribution in [1.82, 2.24) is 0 Å². The Hall–Kier alpha value is -2.77. The van der Waals surface area contributed by atoms with Crippen LogP contribution in [0.3, 0.4) is 0 Å². The lowest BCUT2D eigenvalue weighted by atomic mass is 9.80. The van der Waals surface area contributed by atoms with E-state index < -0.39 is 36.5 Å². The molecule has 2 unspecified atom stereocenters. The lowest BCUT2D eigenvalue weighted by molar-refractivity contribution is -0.185. The van der Waals surface area contributed by atoms with Crippen LogP contribution in [0.5, 0.6) is 5.75 Å². The van der Waals surface area contributed by atoms with E-state index in [1.807, 2.05) is 0 Å². The first kappa shape index (κ1) is 20.0.